The predicted molar refractivity (Wildman–Crippen MR) is 43.2 cm³/mol. The number of carbonyl (C=O) groups is 1. The molecule has 1 atom stereocenters. The Morgan fingerprint density at radius 2 is 2.40 bits per heavy atom. The van der Waals surface area contributed by atoms with Crippen LogP contribution in [0.25, 0.3) is 0 Å². The first kappa shape index (κ1) is 9.78. The van der Waals surface area contributed by atoms with Gasteiger partial charge >= 0.3 is 5.97 Å². The Morgan fingerprint density at radius 1 is 1.80 bits per heavy atom. The van der Waals surface area contributed by atoms with Gasteiger partial charge in [0, 0.05) is 12.3 Å². The monoisotopic (exact) mass is 163 g/mol. The minimum Gasteiger partial charge on any atom is -0.480 e. The minimum atomic E-state index is -0.735. The molecule has 0 aliphatic heterocycles. The molecule has 0 fully saturated rings. The van der Waals surface area contributed by atoms with Gasteiger partial charge in [-0.2, -0.15) is 0 Å². The van der Waals surface area contributed by atoms with Crippen LogP contribution in [0, 0.1) is 0 Å². The highest BCUT2D eigenvalue weighted by atomic mass is 32.2. The molecule has 0 saturated heterocycles. The molecule has 0 bridgehead atoms. The predicted octanol–water partition coefficient (Wildman–Crippen LogP) is 0.542. The Labute approximate surface area is 65.0 Å². The summed E-state index contributed by atoms with van der Waals surface area (Å²) in [7, 11) is 0. The average Bonchev–Trinajstić information content (AvgIpc) is 1.89. The Bertz CT molecular complexity index is 108. The van der Waals surface area contributed by atoms with Crippen LogP contribution in [0.5, 0.6) is 0 Å². The van der Waals surface area contributed by atoms with Crippen molar-refractivity contribution in [2.75, 3.05) is 12.3 Å². The smallest absolute Gasteiger partial charge is 0.316 e. The van der Waals surface area contributed by atoms with Crippen LogP contribution in [0.1, 0.15) is 13.3 Å². The van der Waals surface area contributed by atoms with Gasteiger partial charge in [-0.3, -0.25) is 4.79 Å². The maximum atomic E-state index is 10.4. The lowest BCUT2D eigenvalue weighted by Crippen LogP contribution is -2.17. The van der Waals surface area contributed by atoms with E-state index in [1.54, 1.807) is 0 Å². The Kier molecular flexibility index (Phi) is 5.43. The van der Waals surface area contributed by atoms with Gasteiger partial charge in [-0.25, -0.2) is 0 Å². The lowest BCUT2D eigenvalue weighted by atomic mass is 10.3. The zero-order valence-corrected chi connectivity index (χ0v) is 6.86. The number of carboxylic acids is 1. The van der Waals surface area contributed by atoms with Crippen LogP contribution in [0.2, 0.25) is 0 Å². The summed E-state index contributed by atoms with van der Waals surface area (Å²) in [5, 5.41) is 8.26. The van der Waals surface area contributed by atoms with Crippen molar-refractivity contribution in [1.82, 2.24) is 0 Å². The quantitative estimate of drug-likeness (QED) is 0.621. The molecular formula is C6H13NO2S. The van der Waals surface area contributed by atoms with Gasteiger partial charge in [0.2, 0.25) is 0 Å². The maximum Gasteiger partial charge on any atom is 0.316 e. The van der Waals surface area contributed by atoms with Gasteiger partial charge in [0.05, 0.1) is 0 Å². The molecular weight excluding hydrogens is 150 g/mol. The topological polar surface area (TPSA) is 63.3 Å². The van der Waals surface area contributed by atoms with Crippen molar-refractivity contribution >= 4 is 17.7 Å². The average molecular weight is 163 g/mol. The van der Waals surface area contributed by atoms with Crippen LogP contribution in [0.3, 0.4) is 0 Å². The van der Waals surface area contributed by atoms with E-state index in [1.165, 1.54) is 11.8 Å². The van der Waals surface area contributed by atoms with Crippen molar-refractivity contribution in [1.29, 1.82) is 0 Å². The Hall–Kier alpha value is -0.220. The van der Waals surface area contributed by atoms with Crippen LogP contribution >= 0.6 is 11.8 Å². The second-order valence-corrected chi connectivity index (χ2v) is 3.21. The molecule has 3 N–H and O–H groups in total. The van der Waals surface area contributed by atoms with Crippen LogP contribution in [-0.2, 0) is 4.79 Å². The van der Waals surface area contributed by atoms with Crippen molar-refractivity contribution in [2.24, 2.45) is 5.73 Å². The van der Waals surface area contributed by atoms with E-state index in [0.717, 1.165) is 5.75 Å². The summed E-state index contributed by atoms with van der Waals surface area (Å²) in [6, 6.07) is 0. The number of aliphatic carboxylic acids is 1. The molecule has 0 aromatic heterocycles. The fraction of sp³-hybridized carbons (Fsp3) is 0.833. The normalized spacial score (nSPS) is 13.0. The van der Waals surface area contributed by atoms with E-state index in [4.69, 9.17) is 10.8 Å². The van der Waals surface area contributed by atoms with Gasteiger partial charge < -0.3 is 10.8 Å². The first-order chi connectivity index (χ1) is 4.72. The molecule has 0 spiro atoms. The van der Waals surface area contributed by atoms with Crippen LogP contribution in [-0.4, -0.2) is 28.6 Å². The lowest BCUT2D eigenvalue weighted by molar-refractivity contribution is -0.136. The highest BCUT2D eigenvalue weighted by Crippen LogP contribution is 2.13. The summed E-state index contributed by atoms with van der Waals surface area (Å²) in [5.41, 5.74) is 5.22. The third-order valence-electron chi connectivity index (χ3n) is 1.08. The van der Waals surface area contributed by atoms with Gasteiger partial charge in [0.15, 0.2) is 0 Å². The molecule has 0 aromatic rings. The fourth-order valence-corrected chi connectivity index (χ4v) is 1.37. The number of thioether (sulfide) groups is 1. The summed E-state index contributed by atoms with van der Waals surface area (Å²) >= 11 is 1.41. The first-order valence-electron chi connectivity index (χ1n) is 3.26. The molecule has 4 heteroatoms. The van der Waals surface area contributed by atoms with Crippen LogP contribution in [0.15, 0.2) is 0 Å². The minimum absolute atomic E-state index is 0.274. The number of hydrogen-bond acceptors (Lipinski definition) is 3. The molecule has 0 saturated carbocycles. The summed E-state index contributed by atoms with van der Waals surface area (Å²) in [4.78, 5) is 10.4. The van der Waals surface area contributed by atoms with Gasteiger partial charge in [-0.15, -0.1) is 11.8 Å². The summed E-state index contributed by atoms with van der Waals surface area (Å²) in [6.45, 7) is 2.41. The van der Waals surface area contributed by atoms with Crippen LogP contribution < -0.4 is 5.73 Å². The molecule has 3 nitrogen and oxygen atoms in total. The summed E-state index contributed by atoms with van der Waals surface area (Å²) < 4.78 is 0. The molecule has 0 aliphatic carbocycles. The van der Waals surface area contributed by atoms with Crippen molar-refractivity contribution in [3.8, 4) is 0 Å². The molecule has 60 valence electrons. The van der Waals surface area contributed by atoms with Crippen LogP contribution in [0.4, 0.5) is 0 Å². The van der Waals surface area contributed by atoms with Crippen molar-refractivity contribution < 1.29 is 9.90 Å². The summed E-state index contributed by atoms with van der Waals surface area (Å²) in [5.74, 6) is -0.00824. The lowest BCUT2D eigenvalue weighted by Gasteiger charge is -2.06. The SMILES string of the molecule is CCC(SCCN)C(=O)O. The van der Waals surface area contributed by atoms with Gasteiger partial charge in [0.25, 0.3) is 0 Å². The first-order valence-corrected chi connectivity index (χ1v) is 4.31. The molecule has 1 unspecified atom stereocenters. The van der Waals surface area contributed by atoms with E-state index in [1.807, 2.05) is 6.92 Å². The van der Waals surface area contributed by atoms with Gasteiger partial charge in [-0.05, 0) is 6.42 Å². The maximum absolute atomic E-state index is 10.4. The second-order valence-electron chi connectivity index (χ2n) is 1.89. The number of hydrogen-bond donors (Lipinski definition) is 2. The van der Waals surface area contributed by atoms with E-state index in [2.05, 4.69) is 0 Å². The standard InChI is InChI=1S/C6H13NO2S/c1-2-5(6(8)9)10-4-3-7/h5H,2-4,7H2,1H3,(H,8,9). The number of nitrogens with two attached hydrogens (primary N) is 1. The van der Waals surface area contributed by atoms with E-state index in [9.17, 15) is 4.79 Å². The number of carboxylic acid groups (broad SMARTS) is 1. The fourth-order valence-electron chi connectivity index (χ4n) is 0.574. The van der Waals surface area contributed by atoms with Crippen molar-refractivity contribution in [3.63, 3.8) is 0 Å². The Morgan fingerprint density at radius 3 is 2.70 bits per heavy atom. The molecule has 10 heavy (non-hydrogen) atoms. The van der Waals surface area contributed by atoms with Crippen molar-refractivity contribution in [3.05, 3.63) is 0 Å². The highest BCUT2D eigenvalue weighted by molar-refractivity contribution is 8.00. The van der Waals surface area contributed by atoms with Crippen molar-refractivity contribution in [2.45, 2.75) is 18.6 Å². The molecule has 0 radical (unpaired) electrons. The van der Waals surface area contributed by atoms with E-state index >= 15 is 0 Å². The largest absolute Gasteiger partial charge is 0.480 e. The highest BCUT2D eigenvalue weighted by Gasteiger charge is 2.13. The van der Waals surface area contributed by atoms with E-state index in [0.29, 0.717) is 13.0 Å². The molecule has 0 amide bonds. The number of rotatable bonds is 5. The molecule has 0 aliphatic rings. The molecule has 0 heterocycles. The van der Waals surface area contributed by atoms with Gasteiger partial charge in [0.1, 0.15) is 5.25 Å². The Balaban J connectivity index is 3.50. The second kappa shape index (κ2) is 5.56. The van der Waals surface area contributed by atoms with E-state index < -0.39 is 5.97 Å². The zero-order chi connectivity index (χ0) is 7.98. The zero-order valence-electron chi connectivity index (χ0n) is 6.04. The van der Waals surface area contributed by atoms with Gasteiger partial charge in [-0.1, -0.05) is 6.92 Å². The third-order valence-corrected chi connectivity index (χ3v) is 2.49. The van der Waals surface area contributed by atoms with E-state index in [-0.39, 0.29) is 5.25 Å². The third kappa shape index (κ3) is 3.74. The molecule has 0 aromatic carbocycles. The summed E-state index contributed by atoms with van der Waals surface area (Å²) in [6.07, 6.45) is 0.667. The molecule has 0 rings (SSSR count).